The molecule has 1 aromatic carbocycles. The van der Waals surface area contributed by atoms with Crippen molar-refractivity contribution >= 4 is 15.9 Å². The zero-order valence-electron chi connectivity index (χ0n) is 11.8. The zero-order chi connectivity index (χ0) is 14.4. The van der Waals surface area contributed by atoms with Crippen LogP contribution >= 0.6 is 15.9 Å². The minimum absolute atomic E-state index is 0.635. The highest BCUT2D eigenvalue weighted by molar-refractivity contribution is 9.10. The van der Waals surface area contributed by atoms with Gasteiger partial charge in [-0.05, 0) is 43.8 Å². The molecule has 0 saturated carbocycles. The summed E-state index contributed by atoms with van der Waals surface area (Å²) in [6.45, 7) is 3.50. The van der Waals surface area contributed by atoms with E-state index in [1.54, 1.807) is 0 Å². The van der Waals surface area contributed by atoms with Crippen LogP contribution < -0.4 is 10.1 Å². The van der Waals surface area contributed by atoms with E-state index in [0.717, 1.165) is 34.4 Å². The average Bonchev–Trinajstić information content (AvgIpc) is 2.43. The second kappa shape index (κ2) is 7.41. The number of nitrogens with one attached hydrogen (secondary N) is 1. The van der Waals surface area contributed by atoms with Crippen molar-refractivity contribution in [2.75, 3.05) is 13.7 Å². The Bertz CT molecular complexity index is 558. The van der Waals surface area contributed by atoms with Gasteiger partial charge in [-0.15, -0.1) is 0 Å². The molecule has 0 aliphatic rings. The van der Waals surface area contributed by atoms with Crippen molar-refractivity contribution in [2.24, 2.45) is 0 Å². The first-order valence-electron chi connectivity index (χ1n) is 6.67. The van der Waals surface area contributed by atoms with Crippen molar-refractivity contribution in [2.45, 2.75) is 19.9 Å². The van der Waals surface area contributed by atoms with Crippen molar-refractivity contribution in [1.29, 1.82) is 0 Å². The Hall–Kier alpha value is -1.39. The van der Waals surface area contributed by atoms with Gasteiger partial charge in [0.15, 0.2) is 0 Å². The van der Waals surface area contributed by atoms with Gasteiger partial charge in [-0.3, -0.25) is 4.98 Å². The van der Waals surface area contributed by atoms with Crippen LogP contribution in [0, 0.1) is 6.92 Å². The summed E-state index contributed by atoms with van der Waals surface area (Å²) in [5, 5.41) is 3.17. The second-order valence-electron chi connectivity index (χ2n) is 4.66. The van der Waals surface area contributed by atoms with Gasteiger partial charge in [0.2, 0.25) is 0 Å². The summed E-state index contributed by atoms with van der Waals surface area (Å²) in [6, 6.07) is 10.1. The number of aryl methyl sites for hydroxylation is 1. The van der Waals surface area contributed by atoms with Crippen LogP contribution in [0.4, 0.5) is 0 Å². The van der Waals surface area contributed by atoms with Gasteiger partial charge in [-0.1, -0.05) is 22.0 Å². The van der Waals surface area contributed by atoms with Crippen molar-refractivity contribution in [3.8, 4) is 5.75 Å². The molecule has 0 aliphatic carbocycles. The van der Waals surface area contributed by atoms with E-state index in [1.807, 2.05) is 31.4 Å². The van der Waals surface area contributed by atoms with E-state index in [9.17, 15) is 0 Å². The van der Waals surface area contributed by atoms with E-state index in [2.05, 4.69) is 45.3 Å². The fourth-order valence-electron chi connectivity index (χ4n) is 2.13. The fraction of sp³-hybridized carbons (Fsp3) is 0.312. The lowest BCUT2D eigenvalue weighted by Crippen LogP contribution is -2.10. The lowest BCUT2D eigenvalue weighted by Gasteiger charge is -2.14. The molecule has 1 aromatic heterocycles. The average molecular weight is 335 g/mol. The smallest absolute Gasteiger partial charge is 0.126 e. The van der Waals surface area contributed by atoms with Crippen molar-refractivity contribution in [1.82, 2.24) is 10.3 Å². The molecule has 0 bridgehead atoms. The molecule has 0 saturated heterocycles. The second-order valence-corrected chi connectivity index (χ2v) is 5.58. The Morgan fingerprint density at radius 2 is 2.15 bits per heavy atom. The van der Waals surface area contributed by atoms with Crippen molar-refractivity contribution < 1.29 is 4.74 Å². The molecule has 0 fully saturated rings. The van der Waals surface area contributed by atoms with Gasteiger partial charge in [0.1, 0.15) is 5.75 Å². The molecule has 3 nitrogen and oxygen atoms in total. The predicted molar refractivity (Wildman–Crippen MR) is 85.1 cm³/mol. The summed E-state index contributed by atoms with van der Waals surface area (Å²) in [6.07, 6.45) is 2.63. The van der Waals surface area contributed by atoms with Crippen LogP contribution in [-0.4, -0.2) is 18.6 Å². The molecule has 2 aromatic rings. The van der Waals surface area contributed by atoms with E-state index in [4.69, 9.17) is 4.74 Å². The Morgan fingerprint density at radius 3 is 2.85 bits per heavy atom. The minimum atomic E-state index is 0.635. The lowest BCUT2D eigenvalue weighted by atomic mass is 10.1. The molecule has 106 valence electrons. The first-order chi connectivity index (χ1) is 9.70. The van der Waals surface area contributed by atoms with E-state index < -0.39 is 0 Å². The lowest BCUT2D eigenvalue weighted by molar-refractivity contribution is 0.314. The number of hydrogen-bond donors (Lipinski definition) is 1. The standard InChI is InChI=1S/C16H19BrN2O/c1-12-9-14(17)10-13(11-18-2)16(12)20-8-6-15-5-3-4-7-19-15/h3-5,7,9-10,18H,6,8,11H2,1-2H3. The topological polar surface area (TPSA) is 34.1 Å². The largest absolute Gasteiger partial charge is 0.493 e. The van der Waals surface area contributed by atoms with Crippen molar-refractivity contribution in [3.05, 3.63) is 57.8 Å². The van der Waals surface area contributed by atoms with Crippen LogP contribution in [0.25, 0.3) is 0 Å². The Kier molecular flexibility index (Phi) is 5.56. The van der Waals surface area contributed by atoms with Gasteiger partial charge in [0, 0.05) is 34.9 Å². The highest BCUT2D eigenvalue weighted by Gasteiger charge is 2.08. The van der Waals surface area contributed by atoms with Crippen LogP contribution in [0.5, 0.6) is 5.75 Å². The molecule has 0 unspecified atom stereocenters. The number of rotatable bonds is 6. The third kappa shape index (κ3) is 4.05. The SMILES string of the molecule is CNCc1cc(Br)cc(C)c1OCCc1ccccn1. The third-order valence-corrected chi connectivity index (χ3v) is 3.47. The Morgan fingerprint density at radius 1 is 1.30 bits per heavy atom. The molecular formula is C16H19BrN2O. The summed E-state index contributed by atoms with van der Waals surface area (Å²) in [7, 11) is 1.94. The van der Waals surface area contributed by atoms with Gasteiger partial charge >= 0.3 is 0 Å². The van der Waals surface area contributed by atoms with Crippen LogP contribution in [0.1, 0.15) is 16.8 Å². The monoisotopic (exact) mass is 334 g/mol. The molecule has 2 rings (SSSR count). The molecule has 0 radical (unpaired) electrons. The van der Waals surface area contributed by atoms with Gasteiger partial charge in [0.05, 0.1) is 6.61 Å². The predicted octanol–water partition coefficient (Wildman–Crippen LogP) is 3.49. The van der Waals surface area contributed by atoms with Crippen molar-refractivity contribution in [3.63, 3.8) is 0 Å². The highest BCUT2D eigenvalue weighted by atomic mass is 79.9. The number of aromatic nitrogens is 1. The summed E-state index contributed by atoms with van der Waals surface area (Å²) in [4.78, 5) is 4.31. The van der Waals surface area contributed by atoms with E-state index >= 15 is 0 Å². The third-order valence-electron chi connectivity index (χ3n) is 3.01. The van der Waals surface area contributed by atoms with Gasteiger partial charge in [-0.2, -0.15) is 0 Å². The maximum absolute atomic E-state index is 5.98. The molecule has 20 heavy (non-hydrogen) atoms. The molecular weight excluding hydrogens is 316 g/mol. The number of pyridine rings is 1. The Balaban J connectivity index is 2.05. The molecule has 0 atom stereocenters. The Labute approximate surface area is 128 Å². The van der Waals surface area contributed by atoms with Gasteiger partial charge in [0.25, 0.3) is 0 Å². The van der Waals surface area contributed by atoms with Crippen LogP contribution in [0.15, 0.2) is 41.0 Å². The molecule has 1 N–H and O–H groups in total. The molecule has 0 amide bonds. The van der Waals surface area contributed by atoms with Gasteiger partial charge < -0.3 is 10.1 Å². The fourth-order valence-corrected chi connectivity index (χ4v) is 2.75. The number of benzene rings is 1. The van der Waals surface area contributed by atoms with E-state index in [0.29, 0.717) is 6.61 Å². The maximum atomic E-state index is 5.98. The zero-order valence-corrected chi connectivity index (χ0v) is 13.4. The minimum Gasteiger partial charge on any atom is -0.493 e. The number of halogens is 1. The summed E-state index contributed by atoms with van der Waals surface area (Å²) in [5.41, 5.74) is 3.36. The summed E-state index contributed by atoms with van der Waals surface area (Å²) in [5.74, 6) is 0.971. The molecule has 0 aliphatic heterocycles. The molecule has 1 heterocycles. The van der Waals surface area contributed by atoms with Crippen LogP contribution in [-0.2, 0) is 13.0 Å². The van der Waals surface area contributed by atoms with Gasteiger partial charge in [-0.25, -0.2) is 0 Å². The van der Waals surface area contributed by atoms with Crippen LogP contribution in [0.3, 0.4) is 0 Å². The first kappa shape index (κ1) is 15.0. The molecule has 0 spiro atoms. The first-order valence-corrected chi connectivity index (χ1v) is 7.46. The molecule has 4 heteroatoms. The van der Waals surface area contributed by atoms with E-state index in [1.165, 1.54) is 5.56 Å². The van der Waals surface area contributed by atoms with Crippen LogP contribution in [0.2, 0.25) is 0 Å². The number of nitrogens with zero attached hydrogens (tertiary/aromatic N) is 1. The van der Waals surface area contributed by atoms with E-state index in [-0.39, 0.29) is 0 Å². The number of hydrogen-bond acceptors (Lipinski definition) is 3. The number of ether oxygens (including phenoxy) is 1. The summed E-state index contributed by atoms with van der Waals surface area (Å²) >= 11 is 3.53. The highest BCUT2D eigenvalue weighted by Crippen LogP contribution is 2.28. The normalized spacial score (nSPS) is 10.6. The quantitative estimate of drug-likeness (QED) is 0.877. The summed E-state index contributed by atoms with van der Waals surface area (Å²) < 4.78 is 7.06. The maximum Gasteiger partial charge on any atom is 0.126 e.